The zero-order valence-electron chi connectivity index (χ0n) is 21.0. The van der Waals surface area contributed by atoms with Gasteiger partial charge in [0.1, 0.15) is 18.4 Å². The Labute approximate surface area is 231 Å². The average Bonchev–Trinajstić information content (AvgIpc) is 3.34. The molecule has 0 amide bonds. The summed E-state index contributed by atoms with van der Waals surface area (Å²) in [6.07, 6.45) is 2.21. The zero-order chi connectivity index (χ0) is 26.1. The first-order valence-electron chi connectivity index (χ1n) is 12.7. The Morgan fingerprint density at radius 1 is 1.05 bits per heavy atom. The number of halogens is 1. The number of rotatable bonds is 7. The number of anilines is 1. The minimum absolute atomic E-state index is 0.162. The van der Waals surface area contributed by atoms with Crippen molar-refractivity contribution in [1.29, 1.82) is 0 Å². The summed E-state index contributed by atoms with van der Waals surface area (Å²) in [6.45, 7) is 2.57. The van der Waals surface area contributed by atoms with Crippen LogP contribution in [0.15, 0.2) is 89.2 Å². The van der Waals surface area contributed by atoms with Crippen molar-refractivity contribution in [3.8, 4) is 5.75 Å². The number of aromatic nitrogens is 3. The maximum absolute atomic E-state index is 13.1. The molecule has 1 aliphatic carbocycles. The monoisotopic (exact) mass is 542 g/mol. The van der Waals surface area contributed by atoms with Crippen LogP contribution in [0.4, 0.5) is 5.95 Å². The van der Waals surface area contributed by atoms with Gasteiger partial charge in [0, 0.05) is 28.5 Å². The fraction of sp³-hybridized carbons (Fsp3) is 0.233. The summed E-state index contributed by atoms with van der Waals surface area (Å²) < 4.78 is 7.87. The molecule has 0 saturated carbocycles. The molecule has 0 saturated heterocycles. The van der Waals surface area contributed by atoms with E-state index >= 15 is 0 Å². The molecule has 4 aromatic rings. The van der Waals surface area contributed by atoms with E-state index in [1.54, 1.807) is 0 Å². The van der Waals surface area contributed by atoms with Gasteiger partial charge in [-0.3, -0.25) is 4.79 Å². The Bertz CT molecular complexity index is 1510. The van der Waals surface area contributed by atoms with Crippen molar-refractivity contribution in [3.05, 3.63) is 111 Å². The van der Waals surface area contributed by atoms with Crippen molar-refractivity contribution in [3.63, 3.8) is 0 Å². The van der Waals surface area contributed by atoms with E-state index in [0.717, 1.165) is 51.6 Å². The van der Waals surface area contributed by atoms with Gasteiger partial charge >= 0.3 is 0 Å². The quantitative estimate of drug-likeness (QED) is 0.250. The van der Waals surface area contributed by atoms with E-state index in [1.165, 1.54) is 17.3 Å². The Balaban J connectivity index is 1.26. The lowest BCUT2D eigenvalue weighted by Gasteiger charge is -2.32. The molecule has 8 heteroatoms. The lowest BCUT2D eigenvalue weighted by atomic mass is 9.85. The molecular weight excluding hydrogens is 516 g/mol. The molecule has 2 heterocycles. The molecule has 0 spiro atoms. The van der Waals surface area contributed by atoms with Crippen LogP contribution in [0.3, 0.4) is 0 Å². The maximum Gasteiger partial charge on any atom is 0.227 e. The first-order valence-corrected chi connectivity index (χ1v) is 14.1. The number of benzene rings is 3. The minimum atomic E-state index is -0.331. The van der Waals surface area contributed by atoms with Crippen molar-refractivity contribution < 1.29 is 9.53 Å². The second kappa shape index (κ2) is 10.7. The van der Waals surface area contributed by atoms with Crippen molar-refractivity contribution in [2.24, 2.45) is 0 Å². The molecule has 2 aliphatic rings. The molecule has 6 nitrogen and oxygen atoms in total. The van der Waals surface area contributed by atoms with E-state index in [9.17, 15) is 4.79 Å². The number of aryl methyl sites for hydroxylation is 1. The minimum Gasteiger partial charge on any atom is -0.489 e. The molecule has 0 radical (unpaired) electrons. The molecule has 1 atom stereocenters. The third-order valence-corrected chi connectivity index (χ3v) is 8.14. The number of Topliss-reactive ketones (excluding diaryl/α,β-unsaturated/α-hetero) is 1. The predicted octanol–water partition coefficient (Wildman–Crippen LogP) is 7.13. The molecule has 3 aromatic carbocycles. The second-order valence-corrected chi connectivity index (χ2v) is 10.9. The number of carbonyl (C=O) groups is 1. The standard InChI is InChI=1S/C30H27ClN4O2S/c1-19-9-11-20(12-10-19)17-37-23-15-13-21(14-16-23)28-27-25(7-4-8-26(27)36)32-29-33-30(34-35(28)29)38-18-22-5-2-3-6-24(22)31/h2-3,5-6,9-16,28H,4,7-8,17-18H2,1H3,(H,32,33,34). The molecule has 1 unspecified atom stereocenters. The Morgan fingerprint density at radius 3 is 2.63 bits per heavy atom. The Hall–Kier alpha value is -3.55. The van der Waals surface area contributed by atoms with Gasteiger partial charge < -0.3 is 10.1 Å². The second-order valence-electron chi connectivity index (χ2n) is 9.58. The fourth-order valence-corrected chi connectivity index (χ4v) is 5.98. The van der Waals surface area contributed by atoms with Crippen molar-refractivity contribution in [1.82, 2.24) is 14.8 Å². The van der Waals surface area contributed by atoms with Crippen LogP contribution in [-0.4, -0.2) is 20.5 Å². The van der Waals surface area contributed by atoms with Crippen molar-refractivity contribution >= 4 is 35.1 Å². The van der Waals surface area contributed by atoms with Crippen molar-refractivity contribution in [2.75, 3.05) is 5.32 Å². The number of nitrogens with zero attached hydrogens (tertiary/aromatic N) is 3. The number of nitrogens with one attached hydrogen (secondary N) is 1. The molecule has 38 heavy (non-hydrogen) atoms. The summed E-state index contributed by atoms with van der Waals surface area (Å²) in [4.78, 5) is 17.9. The molecule has 0 bridgehead atoms. The molecule has 0 fully saturated rings. The highest BCUT2D eigenvalue weighted by molar-refractivity contribution is 7.98. The van der Waals surface area contributed by atoms with E-state index < -0.39 is 0 Å². The summed E-state index contributed by atoms with van der Waals surface area (Å²) in [5.41, 5.74) is 6.09. The molecule has 1 aliphatic heterocycles. The highest BCUT2D eigenvalue weighted by Crippen LogP contribution is 2.41. The number of hydrogen-bond acceptors (Lipinski definition) is 6. The summed E-state index contributed by atoms with van der Waals surface area (Å²) in [5.74, 6) is 2.26. The number of carbonyl (C=O) groups excluding carboxylic acids is 1. The summed E-state index contributed by atoms with van der Waals surface area (Å²) in [6, 6.07) is 23.8. The van der Waals surface area contributed by atoms with E-state index in [1.807, 2.05) is 53.2 Å². The third-order valence-electron chi connectivity index (χ3n) is 6.89. The summed E-state index contributed by atoms with van der Waals surface area (Å²) in [7, 11) is 0. The summed E-state index contributed by atoms with van der Waals surface area (Å²) in [5, 5.41) is 9.60. The number of ether oxygens (including phenoxy) is 1. The SMILES string of the molecule is Cc1ccc(COc2ccc(C3C4=C(CCCC4=O)Nc4nc(SCc5ccccc5Cl)nn43)cc2)cc1. The third kappa shape index (κ3) is 5.08. The molecular formula is C30H27ClN4O2S. The van der Waals surface area contributed by atoms with Crippen LogP contribution in [-0.2, 0) is 17.2 Å². The van der Waals surface area contributed by atoms with Crippen LogP contribution in [0, 0.1) is 6.92 Å². The van der Waals surface area contributed by atoms with Crippen LogP contribution in [0.2, 0.25) is 5.02 Å². The van der Waals surface area contributed by atoms with Gasteiger partial charge in [-0.25, -0.2) is 4.68 Å². The first kappa shape index (κ1) is 24.8. The van der Waals surface area contributed by atoms with E-state index in [0.29, 0.717) is 29.9 Å². The van der Waals surface area contributed by atoms with Gasteiger partial charge in [0.05, 0.1) is 0 Å². The topological polar surface area (TPSA) is 69.0 Å². The maximum atomic E-state index is 13.1. The van der Waals surface area contributed by atoms with Crippen LogP contribution < -0.4 is 10.1 Å². The highest BCUT2D eigenvalue weighted by Gasteiger charge is 2.36. The normalized spacial score (nSPS) is 16.6. The lowest BCUT2D eigenvalue weighted by Crippen LogP contribution is -2.31. The fourth-order valence-electron chi connectivity index (χ4n) is 4.86. The Morgan fingerprint density at radius 2 is 1.84 bits per heavy atom. The summed E-state index contributed by atoms with van der Waals surface area (Å²) >= 11 is 7.87. The zero-order valence-corrected chi connectivity index (χ0v) is 22.6. The van der Waals surface area contributed by atoms with Crippen LogP contribution in [0.1, 0.15) is 47.6 Å². The number of thioether (sulfide) groups is 1. The predicted molar refractivity (Wildman–Crippen MR) is 151 cm³/mol. The molecule has 6 rings (SSSR count). The van der Waals surface area contributed by atoms with E-state index in [2.05, 4.69) is 36.5 Å². The smallest absolute Gasteiger partial charge is 0.227 e. The highest BCUT2D eigenvalue weighted by atomic mass is 35.5. The van der Waals surface area contributed by atoms with Gasteiger partial charge in [0.2, 0.25) is 11.1 Å². The molecule has 1 N–H and O–H groups in total. The number of allylic oxidation sites excluding steroid dienone is 2. The number of ketones is 1. The van der Waals surface area contributed by atoms with Gasteiger partial charge in [0.15, 0.2) is 5.78 Å². The first-order chi connectivity index (χ1) is 18.5. The van der Waals surface area contributed by atoms with Crippen LogP contribution >= 0.6 is 23.4 Å². The van der Waals surface area contributed by atoms with E-state index in [4.69, 9.17) is 26.4 Å². The van der Waals surface area contributed by atoms with E-state index in [-0.39, 0.29) is 11.8 Å². The lowest BCUT2D eigenvalue weighted by molar-refractivity contribution is -0.116. The largest absolute Gasteiger partial charge is 0.489 e. The van der Waals surface area contributed by atoms with Crippen molar-refractivity contribution in [2.45, 2.75) is 49.7 Å². The van der Waals surface area contributed by atoms with Gasteiger partial charge in [-0.15, -0.1) is 5.10 Å². The van der Waals surface area contributed by atoms with Gasteiger partial charge in [-0.2, -0.15) is 4.98 Å². The number of hydrogen-bond donors (Lipinski definition) is 1. The Kier molecular flexibility index (Phi) is 6.96. The molecule has 192 valence electrons. The van der Waals surface area contributed by atoms with Crippen LogP contribution in [0.25, 0.3) is 0 Å². The number of fused-ring (bicyclic) bond motifs is 1. The average molecular weight is 543 g/mol. The van der Waals surface area contributed by atoms with Gasteiger partial charge in [-0.1, -0.05) is 83.5 Å². The van der Waals surface area contributed by atoms with Crippen LogP contribution in [0.5, 0.6) is 5.75 Å². The molecule has 1 aromatic heterocycles. The van der Waals surface area contributed by atoms with Gasteiger partial charge in [0.25, 0.3) is 0 Å². The van der Waals surface area contributed by atoms with Gasteiger partial charge in [-0.05, 0) is 54.7 Å².